The van der Waals surface area contributed by atoms with Gasteiger partial charge in [-0.15, -0.1) is 0 Å². The molecule has 1 atom stereocenters. The minimum Gasteiger partial charge on any atom is -0.338 e. The standard InChI is InChI=1S/C24H25ClN4O/c25-19-11-12-23-26-14-22(29(23)16-19)21-10-4-9-20(27-21)18-8-5-13-28(15-18)24(30)17-6-2-1-3-7-17/h4,6,9-12,14,16,18H,1-3,5,7-8,13,15H2. The van der Waals surface area contributed by atoms with E-state index in [-0.39, 0.29) is 11.8 Å². The molecule has 5 nitrogen and oxygen atoms in total. The third-order valence-corrected chi connectivity index (χ3v) is 6.42. The average molecular weight is 421 g/mol. The van der Waals surface area contributed by atoms with E-state index >= 15 is 0 Å². The number of nitrogens with zero attached hydrogens (tertiary/aromatic N) is 4. The molecular formula is C24H25ClN4O. The number of fused-ring (bicyclic) bond motifs is 1. The minimum absolute atomic E-state index is 0.229. The Morgan fingerprint density at radius 2 is 2.07 bits per heavy atom. The van der Waals surface area contributed by atoms with E-state index in [4.69, 9.17) is 16.6 Å². The fraction of sp³-hybridized carbons (Fsp3) is 0.375. The van der Waals surface area contributed by atoms with Crippen molar-refractivity contribution < 1.29 is 4.79 Å². The van der Waals surface area contributed by atoms with Crippen LogP contribution in [-0.2, 0) is 4.79 Å². The van der Waals surface area contributed by atoms with Crippen molar-refractivity contribution in [3.8, 4) is 11.4 Å². The van der Waals surface area contributed by atoms with Gasteiger partial charge in [0.15, 0.2) is 0 Å². The molecule has 6 heteroatoms. The lowest BCUT2D eigenvalue weighted by molar-refractivity contribution is -0.128. The SMILES string of the molecule is O=C(C1=CCCCC1)N1CCCC(c2cccc(-c3cnc4ccc(Cl)cn34)n2)C1. The van der Waals surface area contributed by atoms with E-state index in [1.165, 1.54) is 6.42 Å². The number of halogens is 1. The van der Waals surface area contributed by atoms with Gasteiger partial charge >= 0.3 is 0 Å². The van der Waals surface area contributed by atoms with Crippen molar-refractivity contribution in [1.29, 1.82) is 0 Å². The molecule has 0 spiro atoms. The van der Waals surface area contributed by atoms with Gasteiger partial charge in [0.05, 0.1) is 22.6 Å². The van der Waals surface area contributed by atoms with Crippen LogP contribution < -0.4 is 0 Å². The number of pyridine rings is 2. The van der Waals surface area contributed by atoms with Gasteiger partial charge in [0.1, 0.15) is 5.65 Å². The maximum atomic E-state index is 13.0. The number of imidazole rings is 1. The molecular weight excluding hydrogens is 396 g/mol. The first-order valence-electron chi connectivity index (χ1n) is 10.8. The van der Waals surface area contributed by atoms with Crippen molar-refractivity contribution in [2.75, 3.05) is 13.1 Å². The third kappa shape index (κ3) is 3.74. The van der Waals surface area contributed by atoms with Gasteiger partial charge in [-0.2, -0.15) is 0 Å². The normalized spacial score (nSPS) is 19.7. The summed E-state index contributed by atoms with van der Waals surface area (Å²) in [6.07, 6.45) is 12.2. The molecule has 0 radical (unpaired) electrons. The molecule has 2 aliphatic rings. The summed E-state index contributed by atoms with van der Waals surface area (Å²) in [5, 5.41) is 0.663. The Morgan fingerprint density at radius 3 is 2.93 bits per heavy atom. The number of piperidine rings is 1. The summed E-state index contributed by atoms with van der Waals surface area (Å²) in [5.41, 5.74) is 4.69. The fourth-order valence-electron chi connectivity index (χ4n) is 4.60. The van der Waals surface area contributed by atoms with E-state index in [0.29, 0.717) is 5.02 Å². The molecule has 1 amide bonds. The minimum atomic E-state index is 0.229. The summed E-state index contributed by atoms with van der Waals surface area (Å²) >= 11 is 6.19. The number of allylic oxidation sites excluding steroid dienone is 1. The first kappa shape index (κ1) is 19.3. The van der Waals surface area contributed by atoms with E-state index in [1.807, 2.05) is 46.0 Å². The molecule has 1 unspecified atom stereocenters. The van der Waals surface area contributed by atoms with Crippen LogP contribution in [0, 0.1) is 0 Å². The molecule has 5 rings (SSSR count). The average Bonchev–Trinajstić information content (AvgIpc) is 3.22. The van der Waals surface area contributed by atoms with Crippen LogP contribution in [0.2, 0.25) is 5.02 Å². The molecule has 30 heavy (non-hydrogen) atoms. The molecule has 0 saturated carbocycles. The molecule has 1 aliphatic carbocycles. The number of carbonyl (C=O) groups is 1. The van der Waals surface area contributed by atoms with Crippen LogP contribution in [0.1, 0.15) is 50.1 Å². The number of amides is 1. The van der Waals surface area contributed by atoms with Gasteiger partial charge in [-0.3, -0.25) is 14.2 Å². The zero-order chi connectivity index (χ0) is 20.5. The van der Waals surface area contributed by atoms with Gasteiger partial charge in [-0.05, 0) is 62.8 Å². The van der Waals surface area contributed by atoms with Crippen LogP contribution in [0.5, 0.6) is 0 Å². The van der Waals surface area contributed by atoms with Crippen LogP contribution in [0.15, 0.2) is 54.4 Å². The van der Waals surface area contributed by atoms with E-state index in [0.717, 1.165) is 73.5 Å². The van der Waals surface area contributed by atoms with Gasteiger partial charge in [-0.25, -0.2) is 4.98 Å². The number of carbonyl (C=O) groups excluding carboxylic acids is 1. The second-order valence-corrected chi connectivity index (χ2v) is 8.67. The Bertz CT molecular complexity index is 1120. The highest BCUT2D eigenvalue weighted by atomic mass is 35.5. The largest absolute Gasteiger partial charge is 0.338 e. The van der Waals surface area contributed by atoms with Gasteiger partial charge < -0.3 is 4.90 Å². The molecule has 1 aliphatic heterocycles. The molecule has 3 aromatic heterocycles. The zero-order valence-electron chi connectivity index (χ0n) is 16.9. The lowest BCUT2D eigenvalue weighted by Gasteiger charge is -2.33. The lowest BCUT2D eigenvalue weighted by atomic mass is 9.92. The van der Waals surface area contributed by atoms with Gasteiger partial charge in [0.25, 0.3) is 0 Å². The molecule has 0 bridgehead atoms. The number of likely N-dealkylation sites (tertiary alicyclic amines) is 1. The van der Waals surface area contributed by atoms with Crippen molar-refractivity contribution in [1.82, 2.24) is 19.3 Å². The number of hydrogen-bond acceptors (Lipinski definition) is 3. The Kier molecular flexibility index (Phi) is 5.30. The van der Waals surface area contributed by atoms with Crippen LogP contribution in [0.25, 0.3) is 17.0 Å². The Morgan fingerprint density at radius 1 is 1.13 bits per heavy atom. The molecule has 154 valence electrons. The van der Waals surface area contributed by atoms with Crippen LogP contribution in [0.4, 0.5) is 0 Å². The Labute approximate surface area is 181 Å². The van der Waals surface area contributed by atoms with Gasteiger partial charge in [0.2, 0.25) is 5.91 Å². The van der Waals surface area contributed by atoms with Gasteiger partial charge in [-0.1, -0.05) is 23.7 Å². The third-order valence-electron chi connectivity index (χ3n) is 6.20. The smallest absolute Gasteiger partial charge is 0.249 e. The summed E-state index contributed by atoms with van der Waals surface area (Å²) in [7, 11) is 0. The maximum Gasteiger partial charge on any atom is 0.249 e. The zero-order valence-corrected chi connectivity index (χ0v) is 17.7. The quantitative estimate of drug-likeness (QED) is 0.581. The molecule has 4 heterocycles. The predicted molar refractivity (Wildman–Crippen MR) is 119 cm³/mol. The second kappa shape index (κ2) is 8.23. The summed E-state index contributed by atoms with van der Waals surface area (Å²) in [6.45, 7) is 1.59. The molecule has 0 N–H and O–H groups in total. The lowest BCUT2D eigenvalue weighted by Crippen LogP contribution is -2.40. The number of aromatic nitrogens is 3. The second-order valence-electron chi connectivity index (χ2n) is 8.23. The molecule has 1 fully saturated rings. The van der Waals surface area contributed by atoms with Crippen molar-refractivity contribution in [2.45, 2.75) is 44.4 Å². The van der Waals surface area contributed by atoms with Gasteiger partial charge in [0, 0.05) is 36.5 Å². The first-order valence-corrected chi connectivity index (χ1v) is 11.1. The van der Waals surface area contributed by atoms with Crippen molar-refractivity contribution >= 4 is 23.2 Å². The summed E-state index contributed by atoms with van der Waals surface area (Å²) in [4.78, 5) is 24.4. The highest BCUT2D eigenvalue weighted by molar-refractivity contribution is 6.30. The summed E-state index contributed by atoms with van der Waals surface area (Å²) in [5.74, 6) is 0.488. The van der Waals surface area contributed by atoms with Crippen LogP contribution in [-0.4, -0.2) is 38.3 Å². The van der Waals surface area contributed by atoms with Crippen molar-refractivity contribution in [3.05, 3.63) is 65.1 Å². The number of hydrogen-bond donors (Lipinski definition) is 0. The Hall–Kier alpha value is -2.66. The summed E-state index contributed by atoms with van der Waals surface area (Å²) in [6, 6.07) is 9.88. The topological polar surface area (TPSA) is 50.5 Å². The monoisotopic (exact) mass is 420 g/mol. The predicted octanol–water partition coefficient (Wildman–Crippen LogP) is 5.26. The molecule has 0 aromatic carbocycles. The molecule has 1 saturated heterocycles. The molecule has 3 aromatic rings. The summed E-state index contributed by atoms with van der Waals surface area (Å²) < 4.78 is 1.97. The highest BCUT2D eigenvalue weighted by Crippen LogP contribution is 2.30. The number of rotatable bonds is 3. The van der Waals surface area contributed by atoms with E-state index in [9.17, 15) is 4.79 Å². The van der Waals surface area contributed by atoms with E-state index < -0.39 is 0 Å². The van der Waals surface area contributed by atoms with Crippen molar-refractivity contribution in [2.24, 2.45) is 0 Å². The van der Waals surface area contributed by atoms with Crippen molar-refractivity contribution in [3.63, 3.8) is 0 Å². The maximum absolute atomic E-state index is 13.0. The van der Waals surface area contributed by atoms with E-state index in [2.05, 4.69) is 17.1 Å². The van der Waals surface area contributed by atoms with Crippen LogP contribution >= 0.6 is 11.6 Å². The van der Waals surface area contributed by atoms with E-state index in [1.54, 1.807) is 0 Å². The fourth-order valence-corrected chi connectivity index (χ4v) is 4.76. The first-order chi connectivity index (χ1) is 14.7. The Balaban J connectivity index is 1.40. The highest BCUT2D eigenvalue weighted by Gasteiger charge is 2.28. The van der Waals surface area contributed by atoms with Crippen LogP contribution in [0.3, 0.4) is 0 Å².